The fourth-order valence-corrected chi connectivity index (χ4v) is 2.83. The van der Waals surface area contributed by atoms with E-state index in [1.54, 1.807) is 6.08 Å². The number of allylic oxidation sites excluding steroid dienone is 1. The Balaban J connectivity index is 2.19. The minimum atomic E-state index is -1.55. The molecule has 1 aliphatic heterocycles. The van der Waals surface area contributed by atoms with Gasteiger partial charge in [0.25, 0.3) is 0 Å². The lowest BCUT2D eigenvalue weighted by Gasteiger charge is -2.18. The molecule has 1 fully saturated rings. The molecule has 1 heterocycles. The number of ether oxygens (including phenoxy) is 1. The molecule has 1 saturated carbocycles. The van der Waals surface area contributed by atoms with Crippen LogP contribution in [0.1, 0.15) is 25.7 Å². The Bertz CT molecular complexity index is 384. The second-order valence-corrected chi connectivity index (χ2v) is 4.79. The van der Waals surface area contributed by atoms with Crippen LogP contribution in [0.2, 0.25) is 0 Å². The number of nitrogens with one attached hydrogen (secondary N) is 1. The van der Waals surface area contributed by atoms with Crippen LogP contribution in [0, 0.1) is 5.92 Å². The van der Waals surface area contributed by atoms with Gasteiger partial charge in [0, 0.05) is 5.70 Å². The fourth-order valence-electron chi connectivity index (χ4n) is 2.05. The monoisotopic (exact) mass is 242 g/mol. The van der Waals surface area contributed by atoms with Crippen LogP contribution in [-0.4, -0.2) is 23.0 Å². The van der Waals surface area contributed by atoms with Crippen LogP contribution in [0.15, 0.2) is 16.2 Å². The number of hydrogen-bond donors (Lipinski definition) is 1. The summed E-state index contributed by atoms with van der Waals surface area (Å²) < 4.78 is 22.5. The van der Waals surface area contributed by atoms with Crippen molar-refractivity contribution >= 4 is 22.9 Å². The molecule has 2 rings (SSSR count). The van der Waals surface area contributed by atoms with Crippen LogP contribution >= 0.6 is 0 Å². The van der Waals surface area contributed by atoms with Crippen LogP contribution in [0.25, 0.3) is 0 Å². The van der Waals surface area contributed by atoms with E-state index in [1.165, 1.54) is 20.0 Å². The molecule has 0 saturated heterocycles. The van der Waals surface area contributed by atoms with Gasteiger partial charge >= 0.3 is 5.97 Å². The van der Waals surface area contributed by atoms with Crippen molar-refractivity contribution in [3.63, 3.8) is 0 Å². The number of rotatable bonds is 2. The van der Waals surface area contributed by atoms with E-state index in [4.69, 9.17) is 0 Å². The van der Waals surface area contributed by atoms with Crippen LogP contribution in [0.4, 0.5) is 0 Å². The van der Waals surface area contributed by atoms with E-state index in [0.717, 1.165) is 18.5 Å². The van der Waals surface area contributed by atoms with Crippen molar-refractivity contribution in [1.29, 1.82) is 0 Å². The number of esters is 1. The summed E-state index contributed by atoms with van der Waals surface area (Å²) in [5.74, 6) is -0.163. The molecule has 1 atom stereocenters. The molecule has 0 radical (unpaired) electrons. The van der Waals surface area contributed by atoms with Gasteiger partial charge in [-0.05, 0) is 24.8 Å². The number of methoxy groups -OCH3 is 1. The van der Waals surface area contributed by atoms with Crippen molar-refractivity contribution in [2.75, 3.05) is 7.11 Å². The summed E-state index contributed by atoms with van der Waals surface area (Å²) in [5, 5.41) is 0. The van der Waals surface area contributed by atoms with Crippen molar-refractivity contribution < 1.29 is 13.7 Å². The van der Waals surface area contributed by atoms with Gasteiger partial charge in [0.1, 0.15) is 0 Å². The SMILES string of the molecule is COC(=O)C1=NS(=O)NC(C2CCCC2)=C1. The molecular weight excluding hydrogens is 228 g/mol. The van der Waals surface area contributed by atoms with Crippen molar-refractivity contribution in [3.05, 3.63) is 11.8 Å². The molecule has 0 spiro atoms. The molecule has 6 heteroatoms. The number of hydrogen-bond acceptors (Lipinski definition) is 3. The van der Waals surface area contributed by atoms with Crippen molar-refractivity contribution in [1.82, 2.24) is 4.72 Å². The molecule has 88 valence electrons. The van der Waals surface area contributed by atoms with Crippen molar-refractivity contribution in [2.24, 2.45) is 10.3 Å². The molecule has 2 aliphatic rings. The molecule has 0 aromatic rings. The summed E-state index contributed by atoms with van der Waals surface area (Å²) in [5.41, 5.74) is 0.993. The first-order valence-electron chi connectivity index (χ1n) is 5.28. The maximum atomic E-state index is 11.4. The predicted molar refractivity (Wildman–Crippen MR) is 60.8 cm³/mol. The van der Waals surface area contributed by atoms with E-state index in [1.807, 2.05) is 0 Å². The van der Waals surface area contributed by atoms with E-state index in [-0.39, 0.29) is 5.71 Å². The minimum absolute atomic E-state index is 0.140. The molecule has 1 aliphatic carbocycles. The zero-order valence-corrected chi connectivity index (χ0v) is 9.88. The third kappa shape index (κ3) is 2.32. The molecule has 0 bridgehead atoms. The van der Waals surface area contributed by atoms with Gasteiger partial charge in [0.05, 0.1) is 7.11 Å². The largest absolute Gasteiger partial charge is 0.464 e. The van der Waals surface area contributed by atoms with Gasteiger partial charge in [-0.1, -0.05) is 12.8 Å². The highest BCUT2D eigenvalue weighted by Gasteiger charge is 2.25. The Kier molecular flexibility index (Phi) is 3.38. The Morgan fingerprint density at radius 2 is 2.25 bits per heavy atom. The quantitative estimate of drug-likeness (QED) is 0.730. The number of carbonyl (C=O) groups is 1. The average molecular weight is 242 g/mol. The summed E-state index contributed by atoms with van der Waals surface area (Å²) >= 11 is -1.55. The number of nitrogens with zero attached hydrogens (tertiary/aromatic N) is 1. The lowest BCUT2D eigenvalue weighted by Crippen LogP contribution is -2.29. The Labute approximate surface area is 96.7 Å². The Morgan fingerprint density at radius 3 is 2.88 bits per heavy atom. The third-order valence-electron chi connectivity index (χ3n) is 2.87. The molecule has 1 N–H and O–H groups in total. The average Bonchev–Trinajstić information content (AvgIpc) is 2.80. The first-order valence-corrected chi connectivity index (χ1v) is 6.38. The van der Waals surface area contributed by atoms with Gasteiger partial charge in [-0.3, -0.25) is 4.72 Å². The third-order valence-corrected chi connectivity index (χ3v) is 3.64. The molecule has 16 heavy (non-hydrogen) atoms. The topological polar surface area (TPSA) is 67.8 Å². The van der Waals surface area contributed by atoms with Gasteiger partial charge < -0.3 is 4.74 Å². The Morgan fingerprint density at radius 1 is 1.56 bits per heavy atom. The standard InChI is InChI=1S/C10H14N2O3S/c1-15-10(13)9-6-8(11-16(14)12-9)7-4-2-3-5-7/h6-7,11H,2-5H2,1H3. The summed E-state index contributed by atoms with van der Waals surface area (Å²) in [4.78, 5) is 11.3. The van der Waals surface area contributed by atoms with Gasteiger partial charge in [0.15, 0.2) is 5.71 Å². The van der Waals surface area contributed by atoms with E-state index in [0.29, 0.717) is 5.92 Å². The lowest BCUT2D eigenvalue weighted by atomic mass is 10.0. The van der Waals surface area contributed by atoms with Crippen LogP contribution < -0.4 is 4.72 Å². The normalized spacial score (nSPS) is 25.7. The van der Waals surface area contributed by atoms with Crippen LogP contribution in [0.3, 0.4) is 0 Å². The molecule has 0 aromatic carbocycles. The zero-order valence-electron chi connectivity index (χ0n) is 9.06. The maximum absolute atomic E-state index is 11.4. The second kappa shape index (κ2) is 4.78. The van der Waals surface area contributed by atoms with Gasteiger partial charge in [-0.25, -0.2) is 9.00 Å². The predicted octanol–water partition coefficient (Wildman–Crippen LogP) is 0.856. The molecule has 0 aromatic heterocycles. The highest BCUT2D eigenvalue weighted by atomic mass is 32.2. The van der Waals surface area contributed by atoms with Gasteiger partial charge in [-0.2, -0.15) is 4.40 Å². The summed E-state index contributed by atoms with van der Waals surface area (Å²) in [6.07, 6.45) is 6.17. The summed E-state index contributed by atoms with van der Waals surface area (Å²) in [6, 6.07) is 0. The lowest BCUT2D eigenvalue weighted by molar-refractivity contribution is -0.132. The Hall–Kier alpha value is -1.17. The highest BCUT2D eigenvalue weighted by Crippen LogP contribution is 2.30. The zero-order chi connectivity index (χ0) is 11.5. The van der Waals surface area contributed by atoms with E-state index in [9.17, 15) is 9.00 Å². The molecule has 1 unspecified atom stereocenters. The first kappa shape index (κ1) is 11.3. The van der Waals surface area contributed by atoms with Crippen molar-refractivity contribution in [3.8, 4) is 0 Å². The summed E-state index contributed by atoms with van der Waals surface area (Å²) in [7, 11) is 1.29. The van der Waals surface area contributed by atoms with Crippen molar-refractivity contribution in [2.45, 2.75) is 25.7 Å². The molecule has 5 nitrogen and oxygen atoms in total. The van der Waals surface area contributed by atoms with Crippen LogP contribution in [0.5, 0.6) is 0 Å². The van der Waals surface area contributed by atoms with E-state index in [2.05, 4.69) is 13.9 Å². The molecule has 0 amide bonds. The van der Waals surface area contributed by atoms with E-state index < -0.39 is 17.1 Å². The number of carbonyl (C=O) groups excluding carboxylic acids is 1. The smallest absolute Gasteiger partial charge is 0.357 e. The summed E-state index contributed by atoms with van der Waals surface area (Å²) in [6.45, 7) is 0. The van der Waals surface area contributed by atoms with Gasteiger partial charge in [0.2, 0.25) is 11.2 Å². The van der Waals surface area contributed by atoms with Gasteiger partial charge in [-0.15, -0.1) is 0 Å². The minimum Gasteiger partial charge on any atom is -0.464 e. The fraction of sp³-hybridized carbons (Fsp3) is 0.600. The maximum Gasteiger partial charge on any atom is 0.357 e. The second-order valence-electron chi connectivity index (χ2n) is 3.90. The van der Waals surface area contributed by atoms with Crippen LogP contribution in [-0.2, 0) is 20.7 Å². The highest BCUT2D eigenvalue weighted by molar-refractivity contribution is 7.82. The molecular formula is C10H14N2O3S. The van der Waals surface area contributed by atoms with E-state index >= 15 is 0 Å². The first-order chi connectivity index (χ1) is 7.70.